The fraction of sp³-hybridized carbons (Fsp3) is 0.429. The van der Waals surface area contributed by atoms with Crippen molar-refractivity contribution in [3.63, 3.8) is 0 Å². The maximum Gasteiger partial charge on any atom is 0.262 e. The Labute approximate surface area is 169 Å². The summed E-state index contributed by atoms with van der Waals surface area (Å²) in [6.45, 7) is 5.08. The van der Waals surface area contributed by atoms with Crippen LogP contribution in [-0.4, -0.2) is 36.8 Å². The molecule has 0 aromatic carbocycles. The second-order valence-electron chi connectivity index (χ2n) is 7.93. The van der Waals surface area contributed by atoms with Crippen molar-refractivity contribution in [2.45, 2.75) is 45.3 Å². The Kier molecular flexibility index (Phi) is 5.19. The molecule has 3 heterocycles. The van der Waals surface area contributed by atoms with E-state index in [1.807, 2.05) is 26.0 Å². The largest absolute Gasteiger partial charge is 0.390 e. The number of nitrogens with one attached hydrogen (secondary N) is 2. The number of aryl methyl sites for hydroxylation is 1. The first-order valence-electron chi connectivity index (χ1n) is 9.99. The SMILES string of the molecule is CCn1ccc2cc(Nc3cnccn3)nc(NC[C@@H]3CC[C@](C)(O)C3)c2c1=O. The third-order valence-corrected chi connectivity index (χ3v) is 5.50. The molecule has 0 amide bonds. The maximum absolute atomic E-state index is 12.9. The number of fused-ring (bicyclic) bond motifs is 1. The van der Waals surface area contributed by atoms with Gasteiger partial charge in [-0.15, -0.1) is 0 Å². The molecule has 0 unspecified atom stereocenters. The van der Waals surface area contributed by atoms with Gasteiger partial charge in [0.25, 0.3) is 5.56 Å². The average molecular weight is 394 g/mol. The van der Waals surface area contributed by atoms with Crippen molar-refractivity contribution < 1.29 is 5.11 Å². The van der Waals surface area contributed by atoms with Gasteiger partial charge in [0.15, 0.2) is 0 Å². The van der Waals surface area contributed by atoms with Crippen LogP contribution in [0.15, 0.2) is 41.7 Å². The lowest BCUT2D eigenvalue weighted by Crippen LogP contribution is -2.23. The molecule has 4 rings (SSSR count). The summed E-state index contributed by atoms with van der Waals surface area (Å²) >= 11 is 0. The van der Waals surface area contributed by atoms with Crippen molar-refractivity contribution in [3.05, 3.63) is 47.3 Å². The van der Waals surface area contributed by atoms with Gasteiger partial charge >= 0.3 is 0 Å². The van der Waals surface area contributed by atoms with Crippen molar-refractivity contribution in [2.24, 2.45) is 5.92 Å². The van der Waals surface area contributed by atoms with Gasteiger partial charge in [-0.05, 0) is 56.5 Å². The Balaban J connectivity index is 1.69. The summed E-state index contributed by atoms with van der Waals surface area (Å²) in [6, 6.07) is 3.77. The minimum Gasteiger partial charge on any atom is -0.390 e. The third kappa shape index (κ3) is 4.22. The first kappa shape index (κ1) is 19.3. The van der Waals surface area contributed by atoms with Gasteiger partial charge in [0.1, 0.15) is 17.5 Å². The lowest BCUT2D eigenvalue weighted by Gasteiger charge is -2.18. The quantitative estimate of drug-likeness (QED) is 0.590. The average Bonchev–Trinajstić information content (AvgIpc) is 3.06. The molecule has 3 aromatic heterocycles. The Bertz CT molecular complexity index is 1060. The highest BCUT2D eigenvalue weighted by atomic mass is 16.3. The molecule has 1 aliphatic rings. The number of nitrogens with zero attached hydrogens (tertiary/aromatic N) is 4. The maximum atomic E-state index is 12.9. The molecule has 0 saturated heterocycles. The summed E-state index contributed by atoms with van der Waals surface area (Å²) < 4.78 is 1.67. The van der Waals surface area contributed by atoms with Gasteiger partial charge in [0.2, 0.25) is 0 Å². The molecule has 8 heteroatoms. The number of rotatable bonds is 6. The zero-order chi connectivity index (χ0) is 20.4. The minimum absolute atomic E-state index is 0.0653. The molecule has 3 N–H and O–H groups in total. The van der Waals surface area contributed by atoms with Crippen LogP contribution in [0.2, 0.25) is 0 Å². The van der Waals surface area contributed by atoms with E-state index in [0.29, 0.717) is 41.8 Å². The summed E-state index contributed by atoms with van der Waals surface area (Å²) in [5.41, 5.74) is -0.670. The molecule has 0 spiro atoms. The third-order valence-electron chi connectivity index (χ3n) is 5.50. The van der Waals surface area contributed by atoms with E-state index in [9.17, 15) is 9.90 Å². The van der Waals surface area contributed by atoms with Gasteiger partial charge in [0.05, 0.1) is 17.2 Å². The predicted octanol–water partition coefficient (Wildman–Crippen LogP) is 2.91. The lowest BCUT2D eigenvalue weighted by molar-refractivity contribution is 0.0641. The van der Waals surface area contributed by atoms with Crippen molar-refractivity contribution in [1.29, 1.82) is 0 Å². The molecule has 1 fully saturated rings. The fourth-order valence-corrected chi connectivity index (χ4v) is 3.99. The number of aliphatic hydroxyl groups is 1. The fourth-order valence-electron chi connectivity index (χ4n) is 3.99. The number of anilines is 3. The monoisotopic (exact) mass is 394 g/mol. The number of hydrogen-bond acceptors (Lipinski definition) is 7. The van der Waals surface area contributed by atoms with Crippen molar-refractivity contribution in [1.82, 2.24) is 19.5 Å². The number of hydrogen-bond donors (Lipinski definition) is 3. The minimum atomic E-state index is -0.605. The van der Waals surface area contributed by atoms with E-state index >= 15 is 0 Å². The van der Waals surface area contributed by atoms with Crippen molar-refractivity contribution in [3.8, 4) is 0 Å². The van der Waals surface area contributed by atoms with Crippen LogP contribution in [0.4, 0.5) is 17.5 Å². The molecule has 1 aliphatic carbocycles. The number of aromatic nitrogens is 4. The smallest absolute Gasteiger partial charge is 0.262 e. The zero-order valence-corrected chi connectivity index (χ0v) is 16.7. The van der Waals surface area contributed by atoms with E-state index < -0.39 is 5.60 Å². The molecular weight excluding hydrogens is 368 g/mol. The molecule has 2 atom stereocenters. The number of pyridine rings is 2. The first-order chi connectivity index (χ1) is 13.9. The topological polar surface area (TPSA) is 105 Å². The van der Waals surface area contributed by atoms with Crippen LogP contribution in [0.3, 0.4) is 0 Å². The van der Waals surface area contributed by atoms with Crippen LogP contribution < -0.4 is 16.2 Å². The predicted molar refractivity (Wildman–Crippen MR) is 113 cm³/mol. The summed E-state index contributed by atoms with van der Waals surface area (Å²) in [6.07, 6.45) is 9.13. The Hall–Kier alpha value is -3.00. The Morgan fingerprint density at radius 1 is 1.34 bits per heavy atom. The first-order valence-corrected chi connectivity index (χ1v) is 9.99. The highest BCUT2D eigenvalue weighted by Crippen LogP contribution is 2.34. The van der Waals surface area contributed by atoms with Crippen molar-refractivity contribution >= 4 is 28.2 Å². The normalized spacial score (nSPS) is 21.4. The van der Waals surface area contributed by atoms with E-state index in [4.69, 9.17) is 0 Å². The molecule has 0 radical (unpaired) electrons. The summed E-state index contributed by atoms with van der Waals surface area (Å²) in [5, 5.41) is 18.1. The van der Waals surface area contributed by atoms with Gasteiger partial charge < -0.3 is 20.3 Å². The summed E-state index contributed by atoms with van der Waals surface area (Å²) in [5.74, 6) is 2.07. The van der Waals surface area contributed by atoms with E-state index in [-0.39, 0.29) is 5.56 Å². The highest BCUT2D eigenvalue weighted by Gasteiger charge is 2.32. The Morgan fingerprint density at radius 3 is 2.90 bits per heavy atom. The van der Waals surface area contributed by atoms with E-state index in [2.05, 4.69) is 25.6 Å². The highest BCUT2D eigenvalue weighted by molar-refractivity contribution is 5.93. The van der Waals surface area contributed by atoms with E-state index in [1.54, 1.807) is 29.4 Å². The zero-order valence-electron chi connectivity index (χ0n) is 16.7. The molecule has 1 saturated carbocycles. The molecule has 3 aromatic rings. The van der Waals surface area contributed by atoms with Gasteiger partial charge in [-0.25, -0.2) is 9.97 Å². The van der Waals surface area contributed by atoms with Crippen molar-refractivity contribution in [2.75, 3.05) is 17.2 Å². The van der Waals surface area contributed by atoms with Gasteiger partial charge in [-0.3, -0.25) is 9.78 Å². The van der Waals surface area contributed by atoms with Crippen LogP contribution in [-0.2, 0) is 6.54 Å². The molecular formula is C21H26N6O2. The molecule has 0 bridgehead atoms. The summed E-state index contributed by atoms with van der Waals surface area (Å²) in [7, 11) is 0. The van der Waals surface area contributed by atoms with Gasteiger partial charge in [-0.1, -0.05) is 0 Å². The van der Waals surface area contributed by atoms with Crippen LogP contribution in [0.1, 0.15) is 33.1 Å². The standard InChI is InChI=1S/C21H26N6O2/c1-3-27-9-5-15-10-16(25-17-13-22-7-8-23-17)26-19(18(15)20(27)28)24-12-14-4-6-21(2,29)11-14/h5,7-10,13-14,29H,3-4,6,11-12H2,1-2H3,(H2,23,24,25,26)/t14-,21+/m1/s1. The second kappa shape index (κ2) is 7.79. The van der Waals surface area contributed by atoms with Crippen LogP contribution in [0, 0.1) is 5.92 Å². The molecule has 8 nitrogen and oxygen atoms in total. The van der Waals surface area contributed by atoms with Crippen LogP contribution in [0.25, 0.3) is 10.8 Å². The summed E-state index contributed by atoms with van der Waals surface area (Å²) in [4.78, 5) is 25.9. The molecule has 152 valence electrons. The van der Waals surface area contributed by atoms with Crippen LogP contribution in [0.5, 0.6) is 0 Å². The van der Waals surface area contributed by atoms with Crippen LogP contribution >= 0.6 is 0 Å². The second-order valence-corrected chi connectivity index (χ2v) is 7.93. The lowest BCUT2D eigenvalue weighted by atomic mass is 10.0. The molecule has 29 heavy (non-hydrogen) atoms. The Morgan fingerprint density at radius 2 is 2.21 bits per heavy atom. The van der Waals surface area contributed by atoms with Gasteiger partial charge in [-0.2, -0.15) is 0 Å². The molecule has 0 aliphatic heterocycles. The van der Waals surface area contributed by atoms with Gasteiger partial charge in [0, 0.05) is 31.7 Å². The van der Waals surface area contributed by atoms with E-state index in [0.717, 1.165) is 24.6 Å². The van der Waals surface area contributed by atoms with E-state index in [1.165, 1.54) is 0 Å².